The predicted octanol–water partition coefficient (Wildman–Crippen LogP) is 2.80. The Morgan fingerprint density at radius 2 is 1.76 bits per heavy atom. The fraction of sp³-hybridized carbons (Fsp3) is 0.625. The first-order valence-electron chi connectivity index (χ1n) is 7.60. The van der Waals surface area contributed by atoms with E-state index in [1.165, 1.54) is 0 Å². The molecule has 0 aliphatic heterocycles. The Bertz CT molecular complexity index is 413. The summed E-state index contributed by atoms with van der Waals surface area (Å²) in [4.78, 5) is 0. The van der Waals surface area contributed by atoms with Crippen LogP contribution in [0.1, 0.15) is 45.2 Å². The molecule has 0 aliphatic carbocycles. The Morgan fingerprint density at radius 1 is 1.10 bits per heavy atom. The van der Waals surface area contributed by atoms with Gasteiger partial charge in [0.2, 0.25) is 0 Å². The molecule has 21 heavy (non-hydrogen) atoms. The molecule has 0 radical (unpaired) electrons. The molecule has 5 nitrogen and oxygen atoms in total. The van der Waals surface area contributed by atoms with E-state index in [0.29, 0.717) is 13.2 Å². The fourth-order valence-corrected chi connectivity index (χ4v) is 2.38. The largest absolute Gasteiger partial charge is 0.490 e. The second-order valence-electron chi connectivity index (χ2n) is 4.78. The van der Waals surface area contributed by atoms with Crippen molar-refractivity contribution in [3.8, 4) is 11.5 Å². The number of benzene rings is 1. The van der Waals surface area contributed by atoms with E-state index in [4.69, 9.17) is 20.1 Å². The van der Waals surface area contributed by atoms with Gasteiger partial charge in [-0.2, -0.15) is 0 Å². The van der Waals surface area contributed by atoms with Crippen molar-refractivity contribution >= 4 is 0 Å². The van der Waals surface area contributed by atoms with Crippen molar-refractivity contribution in [3.63, 3.8) is 0 Å². The lowest BCUT2D eigenvalue weighted by Crippen LogP contribution is -2.37. The number of nitrogens with two attached hydrogens (primary N) is 1. The van der Waals surface area contributed by atoms with Crippen molar-refractivity contribution in [2.45, 2.75) is 45.8 Å². The smallest absolute Gasteiger partial charge is 0.161 e. The van der Waals surface area contributed by atoms with Crippen LogP contribution in [0.2, 0.25) is 0 Å². The highest BCUT2D eigenvalue weighted by atomic mass is 16.5. The number of ether oxygens (including phenoxy) is 3. The van der Waals surface area contributed by atoms with E-state index in [-0.39, 0.29) is 12.1 Å². The maximum Gasteiger partial charge on any atom is 0.161 e. The highest BCUT2D eigenvalue weighted by Gasteiger charge is 2.22. The van der Waals surface area contributed by atoms with Gasteiger partial charge in [0.15, 0.2) is 11.5 Å². The van der Waals surface area contributed by atoms with E-state index < -0.39 is 0 Å². The zero-order valence-corrected chi connectivity index (χ0v) is 13.5. The van der Waals surface area contributed by atoms with Gasteiger partial charge in [-0.1, -0.05) is 19.4 Å². The van der Waals surface area contributed by atoms with Gasteiger partial charge in [0, 0.05) is 7.11 Å². The van der Waals surface area contributed by atoms with Gasteiger partial charge in [0.05, 0.1) is 25.4 Å². The van der Waals surface area contributed by atoms with Crippen LogP contribution >= 0.6 is 0 Å². The lowest BCUT2D eigenvalue weighted by atomic mass is 9.98. The van der Waals surface area contributed by atoms with Crippen molar-refractivity contribution in [3.05, 3.63) is 23.8 Å². The second-order valence-corrected chi connectivity index (χ2v) is 4.78. The summed E-state index contributed by atoms with van der Waals surface area (Å²) in [6.07, 6.45) is 1.99. The molecule has 0 saturated carbocycles. The second kappa shape index (κ2) is 9.60. The normalized spacial score (nSPS) is 13.8. The highest BCUT2D eigenvalue weighted by Crippen LogP contribution is 2.32. The molecule has 0 heterocycles. The van der Waals surface area contributed by atoms with Gasteiger partial charge >= 0.3 is 0 Å². The fourth-order valence-electron chi connectivity index (χ4n) is 2.38. The number of methoxy groups -OCH3 is 1. The molecule has 0 fully saturated rings. The molecule has 0 spiro atoms. The van der Waals surface area contributed by atoms with Crippen LogP contribution in [0.25, 0.3) is 0 Å². The molecular weight excluding hydrogens is 268 g/mol. The van der Waals surface area contributed by atoms with E-state index in [2.05, 4.69) is 12.3 Å². The van der Waals surface area contributed by atoms with Crippen LogP contribution in [-0.2, 0) is 4.74 Å². The van der Waals surface area contributed by atoms with E-state index in [9.17, 15) is 0 Å². The summed E-state index contributed by atoms with van der Waals surface area (Å²) in [5, 5.41) is 0. The summed E-state index contributed by atoms with van der Waals surface area (Å²) < 4.78 is 16.8. The third-order valence-corrected chi connectivity index (χ3v) is 3.35. The van der Waals surface area contributed by atoms with Gasteiger partial charge in [-0.3, -0.25) is 11.3 Å². The molecule has 1 aromatic carbocycles. The van der Waals surface area contributed by atoms with Gasteiger partial charge in [-0.15, -0.1) is 0 Å². The molecular formula is C16H28N2O3. The lowest BCUT2D eigenvalue weighted by molar-refractivity contribution is 0.0605. The molecule has 0 aliphatic rings. The van der Waals surface area contributed by atoms with E-state index in [0.717, 1.165) is 29.9 Å². The molecule has 1 rings (SSSR count). The average molecular weight is 296 g/mol. The maximum absolute atomic E-state index is 5.73. The van der Waals surface area contributed by atoms with Crippen LogP contribution < -0.4 is 20.7 Å². The summed E-state index contributed by atoms with van der Waals surface area (Å²) in [6, 6.07) is 5.82. The molecule has 0 aromatic heterocycles. The molecule has 0 amide bonds. The van der Waals surface area contributed by atoms with Gasteiger partial charge in [0.25, 0.3) is 0 Å². The molecule has 2 atom stereocenters. The number of hydrogen-bond donors (Lipinski definition) is 2. The van der Waals surface area contributed by atoms with Crippen molar-refractivity contribution in [1.29, 1.82) is 0 Å². The topological polar surface area (TPSA) is 65.7 Å². The van der Waals surface area contributed by atoms with Crippen molar-refractivity contribution in [1.82, 2.24) is 5.43 Å². The third kappa shape index (κ3) is 4.88. The Morgan fingerprint density at radius 3 is 2.29 bits per heavy atom. The van der Waals surface area contributed by atoms with E-state index in [1.54, 1.807) is 7.11 Å². The third-order valence-electron chi connectivity index (χ3n) is 3.35. The van der Waals surface area contributed by atoms with Gasteiger partial charge in [0.1, 0.15) is 0 Å². The van der Waals surface area contributed by atoms with Crippen molar-refractivity contribution in [2.24, 2.45) is 5.84 Å². The first-order chi connectivity index (χ1) is 10.2. The minimum Gasteiger partial charge on any atom is -0.490 e. The zero-order valence-electron chi connectivity index (χ0n) is 13.5. The number of hydrazine groups is 1. The predicted molar refractivity (Wildman–Crippen MR) is 84.5 cm³/mol. The average Bonchev–Trinajstić information content (AvgIpc) is 2.50. The molecule has 1 aromatic rings. The SMILES string of the molecule is CCCC(OC)C(NN)c1ccc(OCC)c(OCC)c1. The Kier molecular flexibility index (Phi) is 8.12. The van der Waals surface area contributed by atoms with E-state index >= 15 is 0 Å². The van der Waals surface area contributed by atoms with Gasteiger partial charge in [-0.05, 0) is 38.0 Å². The molecule has 2 unspecified atom stereocenters. The molecule has 3 N–H and O–H groups in total. The monoisotopic (exact) mass is 296 g/mol. The minimum atomic E-state index is -0.0789. The molecule has 0 bridgehead atoms. The van der Waals surface area contributed by atoms with Crippen LogP contribution in [0.15, 0.2) is 18.2 Å². The quantitative estimate of drug-likeness (QED) is 0.513. The summed E-state index contributed by atoms with van der Waals surface area (Å²) in [6.45, 7) is 7.23. The molecule has 120 valence electrons. The Hall–Kier alpha value is -1.30. The number of rotatable bonds is 10. The molecule has 5 heteroatoms. The summed E-state index contributed by atoms with van der Waals surface area (Å²) >= 11 is 0. The Balaban J connectivity index is 3.06. The first-order valence-corrected chi connectivity index (χ1v) is 7.60. The number of nitrogens with one attached hydrogen (secondary N) is 1. The summed E-state index contributed by atoms with van der Waals surface area (Å²) in [5.74, 6) is 7.22. The molecule has 0 saturated heterocycles. The van der Waals surface area contributed by atoms with Gasteiger partial charge < -0.3 is 14.2 Å². The summed E-state index contributed by atoms with van der Waals surface area (Å²) in [5.41, 5.74) is 3.89. The van der Waals surface area contributed by atoms with Crippen molar-refractivity contribution < 1.29 is 14.2 Å². The zero-order chi connectivity index (χ0) is 15.7. The number of hydrogen-bond acceptors (Lipinski definition) is 5. The lowest BCUT2D eigenvalue weighted by Gasteiger charge is -2.26. The van der Waals surface area contributed by atoms with Crippen LogP contribution in [-0.4, -0.2) is 26.4 Å². The van der Waals surface area contributed by atoms with Crippen molar-refractivity contribution in [2.75, 3.05) is 20.3 Å². The standard InChI is InChI=1S/C16H28N2O3/c1-5-8-14(19-4)16(18-17)12-9-10-13(20-6-2)15(11-12)21-7-3/h9-11,14,16,18H,5-8,17H2,1-4H3. The van der Waals surface area contributed by atoms with Crippen LogP contribution in [0, 0.1) is 0 Å². The van der Waals surface area contributed by atoms with Gasteiger partial charge in [-0.25, -0.2) is 0 Å². The summed E-state index contributed by atoms with van der Waals surface area (Å²) in [7, 11) is 1.71. The first kappa shape index (κ1) is 17.8. The van der Waals surface area contributed by atoms with E-state index in [1.807, 2.05) is 32.0 Å². The highest BCUT2D eigenvalue weighted by molar-refractivity contribution is 5.44. The van der Waals surface area contributed by atoms with Crippen LogP contribution in [0.3, 0.4) is 0 Å². The Labute approximate surface area is 127 Å². The van der Waals surface area contributed by atoms with Crippen LogP contribution in [0.5, 0.6) is 11.5 Å². The minimum absolute atomic E-state index is 0.0208. The van der Waals surface area contributed by atoms with Crippen LogP contribution in [0.4, 0.5) is 0 Å². The maximum atomic E-state index is 5.73.